The van der Waals surface area contributed by atoms with Gasteiger partial charge in [-0.05, 0) is 32.3 Å². The molecule has 1 aromatic carbocycles. The van der Waals surface area contributed by atoms with Crippen LogP contribution in [0.4, 0.5) is 13.2 Å². The summed E-state index contributed by atoms with van der Waals surface area (Å²) in [5.74, 6) is -0.654. The Morgan fingerprint density at radius 2 is 1.81 bits per heavy atom. The minimum Gasteiger partial charge on any atom is -0.330 e. The van der Waals surface area contributed by atoms with Crippen LogP contribution in [0.5, 0.6) is 0 Å². The topological polar surface area (TPSA) is 46.3 Å². The number of carbonyl (C=O) groups is 1. The molecule has 0 fully saturated rings. The van der Waals surface area contributed by atoms with Crippen molar-refractivity contribution < 1.29 is 18.0 Å². The highest BCUT2D eigenvalue weighted by Gasteiger charge is 2.35. The van der Waals surface area contributed by atoms with Crippen LogP contribution in [0.1, 0.15) is 25.8 Å². The van der Waals surface area contributed by atoms with E-state index in [-0.39, 0.29) is 0 Å². The molecule has 1 aromatic rings. The Hall–Kier alpha value is -1.56. The first-order valence-electron chi connectivity index (χ1n) is 6.87. The van der Waals surface area contributed by atoms with E-state index in [0.717, 1.165) is 10.5 Å². The number of alkyl halides is 3. The standard InChI is InChI=1S/C15H21F3N2O/c1-11(2)20(10-15(16,17)18)14(21)13(19)9-8-12-6-4-3-5-7-12/h3-7,11,13H,8-10,19H2,1-2H3. The van der Waals surface area contributed by atoms with Gasteiger partial charge in [0, 0.05) is 6.04 Å². The molecule has 0 aliphatic heterocycles. The summed E-state index contributed by atoms with van der Waals surface area (Å²) < 4.78 is 37.5. The Morgan fingerprint density at radius 1 is 1.24 bits per heavy atom. The summed E-state index contributed by atoms with van der Waals surface area (Å²) in [7, 11) is 0. The summed E-state index contributed by atoms with van der Waals surface area (Å²) in [4.78, 5) is 12.9. The lowest BCUT2D eigenvalue weighted by atomic mass is 10.0. The average Bonchev–Trinajstić information content (AvgIpc) is 2.41. The van der Waals surface area contributed by atoms with E-state index in [0.29, 0.717) is 12.8 Å². The number of halogens is 3. The summed E-state index contributed by atoms with van der Waals surface area (Å²) in [6.45, 7) is 1.84. The van der Waals surface area contributed by atoms with Gasteiger partial charge < -0.3 is 10.6 Å². The fourth-order valence-electron chi connectivity index (χ4n) is 2.01. The largest absolute Gasteiger partial charge is 0.406 e. The van der Waals surface area contributed by atoms with Crippen LogP contribution in [0.3, 0.4) is 0 Å². The summed E-state index contributed by atoms with van der Waals surface area (Å²) in [6.07, 6.45) is -3.53. The quantitative estimate of drug-likeness (QED) is 0.878. The molecule has 0 saturated heterocycles. The lowest BCUT2D eigenvalue weighted by Gasteiger charge is -2.30. The molecule has 0 aliphatic rings. The lowest BCUT2D eigenvalue weighted by molar-refractivity contribution is -0.165. The molecule has 0 bridgehead atoms. The van der Waals surface area contributed by atoms with Crippen LogP contribution >= 0.6 is 0 Å². The first kappa shape index (κ1) is 17.5. The first-order valence-corrected chi connectivity index (χ1v) is 6.87. The van der Waals surface area contributed by atoms with Crippen LogP contribution in [0.15, 0.2) is 30.3 Å². The van der Waals surface area contributed by atoms with Gasteiger partial charge in [0.15, 0.2) is 0 Å². The Kier molecular flexibility index (Phi) is 6.20. The summed E-state index contributed by atoms with van der Waals surface area (Å²) in [6, 6.07) is 7.94. The second kappa shape index (κ2) is 7.45. The molecule has 6 heteroatoms. The van der Waals surface area contributed by atoms with Crippen molar-refractivity contribution in [1.29, 1.82) is 0 Å². The number of hydrogen-bond donors (Lipinski definition) is 1. The number of carbonyl (C=O) groups excluding carboxylic acids is 1. The van der Waals surface area contributed by atoms with E-state index < -0.39 is 30.7 Å². The zero-order valence-electron chi connectivity index (χ0n) is 12.2. The Morgan fingerprint density at radius 3 is 2.29 bits per heavy atom. The molecule has 2 N–H and O–H groups in total. The van der Waals surface area contributed by atoms with Crippen LogP contribution < -0.4 is 5.73 Å². The molecule has 21 heavy (non-hydrogen) atoms. The van der Waals surface area contributed by atoms with Gasteiger partial charge in [0.1, 0.15) is 6.54 Å². The third kappa shape index (κ3) is 6.16. The highest BCUT2D eigenvalue weighted by molar-refractivity contribution is 5.82. The molecule has 118 valence electrons. The third-order valence-corrected chi connectivity index (χ3v) is 3.16. The molecule has 1 amide bonds. The Labute approximate surface area is 122 Å². The van der Waals surface area contributed by atoms with Crippen LogP contribution in [0, 0.1) is 0 Å². The molecule has 1 atom stereocenters. The molecule has 0 aromatic heterocycles. The van der Waals surface area contributed by atoms with E-state index in [1.165, 1.54) is 0 Å². The number of aryl methyl sites for hydroxylation is 1. The van der Waals surface area contributed by atoms with Crippen molar-refractivity contribution in [3.05, 3.63) is 35.9 Å². The minimum atomic E-state index is -4.42. The van der Waals surface area contributed by atoms with Crippen molar-refractivity contribution in [2.45, 2.75) is 44.9 Å². The van der Waals surface area contributed by atoms with Crippen molar-refractivity contribution in [1.82, 2.24) is 4.90 Å². The fraction of sp³-hybridized carbons (Fsp3) is 0.533. The summed E-state index contributed by atoms with van der Waals surface area (Å²) in [5, 5.41) is 0. The fourth-order valence-corrected chi connectivity index (χ4v) is 2.01. The van der Waals surface area contributed by atoms with Gasteiger partial charge in [-0.1, -0.05) is 30.3 Å². The number of nitrogens with two attached hydrogens (primary N) is 1. The number of benzene rings is 1. The highest BCUT2D eigenvalue weighted by atomic mass is 19.4. The van der Waals surface area contributed by atoms with Gasteiger partial charge >= 0.3 is 6.18 Å². The maximum absolute atomic E-state index is 12.5. The maximum atomic E-state index is 12.5. The third-order valence-electron chi connectivity index (χ3n) is 3.16. The molecule has 0 aliphatic carbocycles. The smallest absolute Gasteiger partial charge is 0.330 e. The van der Waals surface area contributed by atoms with E-state index in [9.17, 15) is 18.0 Å². The zero-order valence-corrected chi connectivity index (χ0v) is 12.2. The molecular formula is C15H21F3N2O. The summed E-state index contributed by atoms with van der Waals surface area (Å²) >= 11 is 0. The van der Waals surface area contributed by atoms with E-state index in [1.54, 1.807) is 13.8 Å². The Bertz CT molecular complexity index is 446. The van der Waals surface area contributed by atoms with Crippen molar-refractivity contribution in [2.75, 3.05) is 6.54 Å². The molecule has 0 heterocycles. The van der Waals surface area contributed by atoms with Crippen molar-refractivity contribution >= 4 is 5.91 Å². The van der Waals surface area contributed by atoms with Gasteiger partial charge in [-0.15, -0.1) is 0 Å². The van der Waals surface area contributed by atoms with Gasteiger partial charge in [0.2, 0.25) is 5.91 Å². The van der Waals surface area contributed by atoms with Crippen molar-refractivity contribution in [2.24, 2.45) is 5.73 Å². The molecule has 0 saturated carbocycles. The van der Waals surface area contributed by atoms with Crippen molar-refractivity contribution in [3.8, 4) is 0 Å². The lowest BCUT2D eigenvalue weighted by Crippen LogP contribution is -2.50. The van der Waals surface area contributed by atoms with Crippen LogP contribution in [0.25, 0.3) is 0 Å². The van der Waals surface area contributed by atoms with Crippen molar-refractivity contribution in [3.63, 3.8) is 0 Å². The predicted molar refractivity (Wildman–Crippen MR) is 75.6 cm³/mol. The number of rotatable bonds is 6. The van der Waals surface area contributed by atoms with E-state index in [1.807, 2.05) is 30.3 Å². The van der Waals surface area contributed by atoms with E-state index in [2.05, 4.69) is 0 Å². The number of amides is 1. The van der Waals surface area contributed by atoms with Gasteiger partial charge in [-0.25, -0.2) is 0 Å². The van der Waals surface area contributed by atoms with Gasteiger partial charge in [0.25, 0.3) is 0 Å². The van der Waals surface area contributed by atoms with E-state index in [4.69, 9.17) is 5.73 Å². The second-order valence-corrected chi connectivity index (χ2v) is 5.31. The molecule has 0 radical (unpaired) electrons. The normalized spacial score (nSPS) is 13.3. The SMILES string of the molecule is CC(C)N(CC(F)(F)F)C(=O)C(N)CCc1ccccc1. The van der Waals surface area contributed by atoms with Crippen LogP contribution in [0.2, 0.25) is 0 Å². The first-order chi connectivity index (χ1) is 9.70. The van der Waals surface area contributed by atoms with Crippen LogP contribution in [-0.4, -0.2) is 35.6 Å². The molecular weight excluding hydrogens is 281 g/mol. The minimum absolute atomic E-state index is 0.323. The number of nitrogens with zero attached hydrogens (tertiary/aromatic N) is 1. The summed E-state index contributed by atoms with van der Waals surface area (Å²) in [5.41, 5.74) is 6.77. The zero-order chi connectivity index (χ0) is 16.0. The Balaban J connectivity index is 2.62. The maximum Gasteiger partial charge on any atom is 0.406 e. The predicted octanol–water partition coefficient (Wildman–Crippen LogP) is 2.75. The van der Waals surface area contributed by atoms with Gasteiger partial charge in [0.05, 0.1) is 6.04 Å². The highest BCUT2D eigenvalue weighted by Crippen LogP contribution is 2.19. The molecule has 1 rings (SSSR count). The van der Waals surface area contributed by atoms with E-state index >= 15 is 0 Å². The second-order valence-electron chi connectivity index (χ2n) is 5.31. The average molecular weight is 302 g/mol. The molecule has 1 unspecified atom stereocenters. The number of hydrogen-bond acceptors (Lipinski definition) is 2. The molecule has 0 spiro atoms. The van der Waals surface area contributed by atoms with Gasteiger partial charge in [-0.3, -0.25) is 4.79 Å². The van der Waals surface area contributed by atoms with Gasteiger partial charge in [-0.2, -0.15) is 13.2 Å². The van der Waals surface area contributed by atoms with Crippen LogP contribution in [-0.2, 0) is 11.2 Å². The molecule has 3 nitrogen and oxygen atoms in total. The monoisotopic (exact) mass is 302 g/mol.